The maximum Gasteiger partial charge on any atom is 0.315 e. The second-order valence-corrected chi connectivity index (χ2v) is 21.0. The first-order valence-corrected chi connectivity index (χ1v) is 20.7. The van der Waals surface area contributed by atoms with Gasteiger partial charge in [0.15, 0.2) is 15.9 Å². The molecule has 13 heteroatoms. The number of rotatable bonds is 14. The molecule has 3 saturated carbocycles. The number of carbonyl (C=O) groups excluding carboxylic acids is 4. The van der Waals surface area contributed by atoms with Crippen LogP contribution in [-0.2, 0) is 24.2 Å². The molecule has 5 amide bonds. The first-order valence-electron chi connectivity index (χ1n) is 19.0. The van der Waals surface area contributed by atoms with Gasteiger partial charge in [-0.05, 0) is 88.9 Å². The Morgan fingerprint density at radius 2 is 1.54 bits per heavy atom. The summed E-state index contributed by atoms with van der Waals surface area (Å²) >= 11 is 0. The van der Waals surface area contributed by atoms with E-state index in [1.54, 1.807) is 25.7 Å². The van der Waals surface area contributed by atoms with Crippen LogP contribution >= 0.6 is 0 Å². The van der Waals surface area contributed by atoms with Gasteiger partial charge in [-0.3, -0.25) is 14.4 Å². The SMILES string of the molecule is CC(C)[C@@H]1C[C@@H](C(=O)N[C@@H](CCC2CC2)C(O)C(=O)NC2CC2)N(C(=O)[C@@H](NC(=O)NC2(CS(=O)(=O)C(C)(C)C)CCCCC2)C(C)(C)C)C1. The van der Waals surface area contributed by atoms with Crippen LogP contribution in [0.3, 0.4) is 0 Å². The van der Waals surface area contributed by atoms with Crippen molar-refractivity contribution in [1.82, 2.24) is 26.2 Å². The summed E-state index contributed by atoms with van der Waals surface area (Å²) in [7, 11) is -3.55. The molecule has 0 aromatic heterocycles. The van der Waals surface area contributed by atoms with Gasteiger partial charge in [-0.2, -0.15) is 0 Å². The van der Waals surface area contributed by atoms with E-state index in [2.05, 4.69) is 35.1 Å². The maximum atomic E-state index is 14.5. The Hall–Kier alpha value is -2.41. The van der Waals surface area contributed by atoms with Gasteiger partial charge in [-0.1, -0.05) is 66.7 Å². The van der Waals surface area contributed by atoms with E-state index in [4.69, 9.17) is 0 Å². The summed E-state index contributed by atoms with van der Waals surface area (Å²) in [5.74, 6) is -0.712. The average Bonchev–Trinajstić information content (AvgIpc) is 3.94. The monoisotopic (exact) mass is 723 g/mol. The predicted octanol–water partition coefficient (Wildman–Crippen LogP) is 3.80. The van der Waals surface area contributed by atoms with E-state index in [0.29, 0.717) is 38.1 Å². The minimum atomic E-state index is -3.55. The molecule has 5 N–H and O–H groups in total. The number of carbonyl (C=O) groups is 4. The minimum Gasteiger partial charge on any atom is -0.381 e. The van der Waals surface area contributed by atoms with Crippen LogP contribution in [0.15, 0.2) is 0 Å². The third-order valence-corrected chi connectivity index (χ3v) is 14.1. The summed E-state index contributed by atoms with van der Waals surface area (Å²) in [5, 5.41) is 22.8. The van der Waals surface area contributed by atoms with E-state index in [1.165, 1.54) is 0 Å². The summed E-state index contributed by atoms with van der Waals surface area (Å²) in [5.41, 5.74) is -1.69. The number of likely N-dealkylation sites (tertiary alicyclic amines) is 1. The van der Waals surface area contributed by atoms with Crippen molar-refractivity contribution in [3.8, 4) is 0 Å². The molecule has 1 saturated heterocycles. The molecule has 1 unspecified atom stereocenters. The van der Waals surface area contributed by atoms with Gasteiger partial charge in [0.1, 0.15) is 12.1 Å². The standard InChI is InChI=1S/C37H65N5O7S/c1-23(2)25-20-28(31(44)39-27(17-14-24-12-13-24)29(43)32(45)38-26-15-16-26)42(21-25)33(46)30(35(3,4)5)40-34(47)41-37(18-10-9-11-19-37)22-50(48,49)36(6,7)8/h23-30,43H,9-22H2,1-8H3,(H,38,45)(H,39,44)(H2,40,41,47)/t25-,27+,28+,29?,30-/m1/s1. The smallest absolute Gasteiger partial charge is 0.315 e. The van der Waals surface area contributed by atoms with E-state index in [1.807, 2.05) is 20.8 Å². The van der Waals surface area contributed by atoms with Crippen molar-refractivity contribution in [1.29, 1.82) is 0 Å². The molecule has 50 heavy (non-hydrogen) atoms. The van der Waals surface area contributed by atoms with Crippen molar-refractivity contribution in [2.24, 2.45) is 23.2 Å². The molecule has 286 valence electrons. The van der Waals surface area contributed by atoms with E-state index >= 15 is 0 Å². The van der Waals surface area contributed by atoms with Gasteiger partial charge in [0.2, 0.25) is 11.8 Å². The van der Waals surface area contributed by atoms with Gasteiger partial charge in [0.25, 0.3) is 5.91 Å². The Morgan fingerprint density at radius 1 is 0.920 bits per heavy atom. The van der Waals surface area contributed by atoms with Crippen molar-refractivity contribution in [3.63, 3.8) is 0 Å². The number of hydrogen-bond donors (Lipinski definition) is 5. The van der Waals surface area contributed by atoms with Gasteiger partial charge in [-0.15, -0.1) is 0 Å². The quantitative estimate of drug-likeness (QED) is 0.181. The van der Waals surface area contributed by atoms with Crippen LogP contribution in [0.25, 0.3) is 0 Å². The van der Waals surface area contributed by atoms with E-state index < -0.39 is 73.5 Å². The fourth-order valence-corrected chi connectivity index (χ4v) is 8.81. The van der Waals surface area contributed by atoms with Gasteiger partial charge < -0.3 is 31.3 Å². The Balaban J connectivity index is 1.53. The van der Waals surface area contributed by atoms with Crippen LogP contribution in [-0.4, -0.2) is 95.0 Å². The highest BCUT2D eigenvalue weighted by molar-refractivity contribution is 7.92. The van der Waals surface area contributed by atoms with E-state index in [-0.39, 0.29) is 23.6 Å². The first kappa shape index (κ1) is 40.4. The number of nitrogens with zero attached hydrogens (tertiary/aromatic N) is 1. The van der Waals surface area contributed by atoms with Crippen LogP contribution in [0.1, 0.15) is 132 Å². The molecule has 0 aromatic carbocycles. The Kier molecular flexibility index (Phi) is 12.7. The van der Waals surface area contributed by atoms with Gasteiger partial charge in [-0.25, -0.2) is 13.2 Å². The fourth-order valence-electron chi connectivity index (χ4n) is 7.29. The lowest BCUT2D eigenvalue weighted by molar-refractivity contribution is -0.143. The molecule has 1 heterocycles. The zero-order valence-electron chi connectivity index (χ0n) is 31.8. The molecule has 3 aliphatic carbocycles. The molecular weight excluding hydrogens is 659 g/mol. The van der Waals surface area contributed by atoms with Crippen LogP contribution in [0, 0.1) is 23.2 Å². The van der Waals surface area contributed by atoms with Crippen LogP contribution in [0.2, 0.25) is 0 Å². The molecule has 1 aliphatic heterocycles. The summed E-state index contributed by atoms with van der Waals surface area (Å²) in [6, 6.07) is -3.16. The van der Waals surface area contributed by atoms with Crippen molar-refractivity contribution < 1.29 is 32.7 Å². The van der Waals surface area contributed by atoms with Crippen LogP contribution in [0.5, 0.6) is 0 Å². The van der Waals surface area contributed by atoms with Crippen LogP contribution < -0.4 is 21.3 Å². The molecule has 0 spiro atoms. The number of urea groups is 1. The third-order valence-electron chi connectivity index (χ3n) is 11.3. The highest BCUT2D eigenvalue weighted by Gasteiger charge is 2.48. The Labute approximate surface area is 300 Å². The van der Waals surface area contributed by atoms with Gasteiger partial charge >= 0.3 is 6.03 Å². The number of sulfone groups is 1. The second-order valence-electron chi connectivity index (χ2n) is 18.2. The lowest BCUT2D eigenvalue weighted by Crippen LogP contribution is -2.63. The lowest BCUT2D eigenvalue weighted by atomic mass is 9.83. The van der Waals surface area contributed by atoms with Crippen molar-refractivity contribution >= 4 is 33.6 Å². The van der Waals surface area contributed by atoms with E-state index in [0.717, 1.165) is 51.4 Å². The molecule has 0 aromatic rings. The van der Waals surface area contributed by atoms with Crippen molar-refractivity contribution in [3.05, 3.63) is 0 Å². The number of nitrogens with one attached hydrogen (secondary N) is 4. The number of aliphatic hydroxyl groups is 1. The molecule has 0 bridgehead atoms. The second kappa shape index (κ2) is 15.7. The normalized spacial score (nSPS) is 24.6. The molecule has 5 atom stereocenters. The van der Waals surface area contributed by atoms with Crippen molar-refractivity contribution in [2.75, 3.05) is 12.3 Å². The maximum absolute atomic E-state index is 14.5. The highest BCUT2D eigenvalue weighted by Crippen LogP contribution is 2.36. The number of aliphatic hydroxyl groups excluding tert-OH is 1. The number of hydrogen-bond acceptors (Lipinski definition) is 7. The van der Waals surface area contributed by atoms with E-state index in [9.17, 15) is 32.7 Å². The summed E-state index contributed by atoms with van der Waals surface area (Å²) in [6.07, 6.45) is 7.86. The largest absolute Gasteiger partial charge is 0.381 e. The Morgan fingerprint density at radius 3 is 2.06 bits per heavy atom. The first-order chi connectivity index (χ1) is 23.1. The molecule has 4 aliphatic rings. The predicted molar refractivity (Wildman–Crippen MR) is 194 cm³/mol. The summed E-state index contributed by atoms with van der Waals surface area (Å²) in [6.45, 7) is 15.0. The molecule has 4 fully saturated rings. The van der Waals surface area contributed by atoms with Crippen molar-refractivity contribution in [2.45, 2.75) is 173 Å². The van der Waals surface area contributed by atoms with Crippen LogP contribution in [0.4, 0.5) is 4.79 Å². The fraction of sp³-hybridized carbons (Fsp3) is 0.892. The highest BCUT2D eigenvalue weighted by atomic mass is 32.2. The zero-order valence-corrected chi connectivity index (χ0v) is 32.6. The third kappa shape index (κ3) is 10.6. The molecular formula is C37H65N5O7S. The number of amides is 5. The summed E-state index contributed by atoms with van der Waals surface area (Å²) in [4.78, 5) is 56.8. The van der Waals surface area contributed by atoms with Gasteiger partial charge in [0.05, 0.1) is 22.1 Å². The molecule has 0 radical (unpaired) electrons. The molecule has 4 rings (SSSR count). The van der Waals surface area contributed by atoms with Gasteiger partial charge in [0, 0.05) is 12.6 Å². The topological polar surface area (TPSA) is 174 Å². The summed E-state index contributed by atoms with van der Waals surface area (Å²) < 4.78 is 25.7. The lowest BCUT2D eigenvalue weighted by Gasteiger charge is -2.41. The molecule has 12 nitrogen and oxygen atoms in total. The zero-order chi connectivity index (χ0) is 37.2. The average molecular weight is 724 g/mol. The Bertz CT molecular complexity index is 1340. The minimum absolute atomic E-state index is 0.0326.